The molecule has 1 aromatic carbocycles. The van der Waals surface area contributed by atoms with Crippen molar-refractivity contribution in [1.82, 2.24) is 24.8 Å². The Bertz CT molecular complexity index is 1340. The van der Waals surface area contributed by atoms with Crippen molar-refractivity contribution in [3.05, 3.63) is 46.5 Å². The minimum absolute atomic E-state index is 0.0125. The Morgan fingerprint density at radius 1 is 1.32 bits per heavy atom. The number of rotatable bonds is 6. The maximum Gasteiger partial charge on any atom is 0.277 e. The number of nitrogens with two attached hydrogens (primary N) is 1. The smallest absolute Gasteiger partial charge is 0.277 e. The highest BCUT2D eigenvalue weighted by atomic mass is 35.5. The van der Waals surface area contributed by atoms with Gasteiger partial charge in [-0.2, -0.15) is 0 Å². The summed E-state index contributed by atoms with van der Waals surface area (Å²) in [5.74, 6) is -0.940. The summed E-state index contributed by atoms with van der Waals surface area (Å²) in [6.07, 6.45) is 1.53. The molecule has 0 atom stereocenters. The zero-order valence-corrected chi connectivity index (χ0v) is 17.7. The molecule has 0 fully saturated rings. The average Bonchev–Trinajstić information content (AvgIpc) is 3.26. The van der Waals surface area contributed by atoms with Crippen molar-refractivity contribution in [3.8, 4) is 0 Å². The van der Waals surface area contributed by atoms with E-state index in [1.165, 1.54) is 12.3 Å². The number of carboxylic acids is 1. The first-order valence-electron chi connectivity index (χ1n) is 9.70. The molecular weight excluding hydrogens is 422 g/mol. The second-order valence-corrected chi connectivity index (χ2v) is 7.28. The minimum atomic E-state index is -1.24. The van der Waals surface area contributed by atoms with Crippen LogP contribution < -0.4 is 20.7 Å². The Morgan fingerprint density at radius 2 is 2.10 bits per heavy atom. The topological polar surface area (TPSA) is 146 Å². The van der Waals surface area contributed by atoms with Crippen LogP contribution in [0.4, 0.5) is 5.82 Å². The highest BCUT2D eigenvalue weighted by Crippen LogP contribution is 2.22. The van der Waals surface area contributed by atoms with Crippen molar-refractivity contribution in [2.24, 2.45) is 0 Å². The minimum Gasteiger partial charge on any atom is -0.545 e. The molecule has 3 heterocycles. The average molecular weight is 442 g/mol. The number of nitrogens with one attached hydrogen (secondary N) is 2. The van der Waals surface area contributed by atoms with Gasteiger partial charge in [0.05, 0.1) is 24.1 Å². The number of halogens is 1. The van der Waals surface area contributed by atoms with Crippen molar-refractivity contribution >= 4 is 51.5 Å². The molecule has 4 aromatic rings. The molecule has 4 N–H and O–H groups in total. The predicted octanol–water partition coefficient (Wildman–Crippen LogP) is 0.769. The first-order chi connectivity index (χ1) is 14.8. The van der Waals surface area contributed by atoms with E-state index in [1.807, 2.05) is 23.0 Å². The van der Waals surface area contributed by atoms with Crippen LogP contribution in [0.5, 0.6) is 0 Å². The number of fused-ring (bicyclic) bond motifs is 2. The number of carbonyl (C=O) groups is 2. The van der Waals surface area contributed by atoms with Crippen LogP contribution in [0.1, 0.15) is 40.5 Å². The monoisotopic (exact) mass is 441 g/mol. The van der Waals surface area contributed by atoms with Crippen molar-refractivity contribution < 1.29 is 19.3 Å². The van der Waals surface area contributed by atoms with Gasteiger partial charge in [0, 0.05) is 11.8 Å². The normalized spacial score (nSPS) is 11.3. The summed E-state index contributed by atoms with van der Waals surface area (Å²) in [5.41, 5.74) is 8.36. The lowest BCUT2D eigenvalue weighted by molar-refractivity contribution is -0.676. The van der Waals surface area contributed by atoms with Crippen molar-refractivity contribution in [1.29, 1.82) is 0 Å². The number of nitrogen functional groups attached to an aromatic ring is 1. The van der Waals surface area contributed by atoms with Gasteiger partial charge in [0.1, 0.15) is 12.1 Å². The fourth-order valence-electron chi connectivity index (χ4n) is 3.74. The summed E-state index contributed by atoms with van der Waals surface area (Å²) < 4.78 is 3.96. The number of nitrogens with zero attached hydrogens (tertiary/aromatic N) is 4. The summed E-state index contributed by atoms with van der Waals surface area (Å²) in [5, 5.41) is 14.5. The van der Waals surface area contributed by atoms with Gasteiger partial charge in [0.2, 0.25) is 0 Å². The highest BCUT2D eigenvalue weighted by molar-refractivity contribution is 6.35. The number of amides is 1. The lowest BCUT2D eigenvalue weighted by atomic mass is 10.2. The molecule has 31 heavy (non-hydrogen) atoms. The van der Waals surface area contributed by atoms with Crippen LogP contribution in [0.2, 0.25) is 5.02 Å². The summed E-state index contributed by atoms with van der Waals surface area (Å²) in [6, 6.07) is 4.84. The Morgan fingerprint density at radius 3 is 2.77 bits per heavy atom. The number of carboxylic acid groups (broad SMARTS) is 1. The number of anilines is 1. The van der Waals surface area contributed by atoms with Crippen LogP contribution in [0, 0.1) is 0 Å². The summed E-state index contributed by atoms with van der Waals surface area (Å²) >= 11 is 6.07. The van der Waals surface area contributed by atoms with Crippen LogP contribution >= 0.6 is 11.6 Å². The van der Waals surface area contributed by atoms with E-state index in [-0.39, 0.29) is 23.6 Å². The van der Waals surface area contributed by atoms with E-state index in [2.05, 4.69) is 20.3 Å². The van der Waals surface area contributed by atoms with Gasteiger partial charge < -0.3 is 25.9 Å². The predicted molar refractivity (Wildman–Crippen MR) is 112 cm³/mol. The van der Waals surface area contributed by atoms with E-state index in [4.69, 9.17) is 17.3 Å². The molecule has 0 bridgehead atoms. The maximum absolute atomic E-state index is 12.8. The van der Waals surface area contributed by atoms with Gasteiger partial charge in [0.25, 0.3) is 11.7 Å². The zero-order valence-electron chi connectivity index (χ0n) is 16.9. The summed E-state index contributed by atoms with van der Waals surface area (Å²) in [4.78, 5) is 35.3. The fraction of sp³-hybridized carbons (Fsp3) is 0.250. The molecule has 0 aliphatic rings. The van der Waals surface area contributed by atoms with Crippen LogP contribution in [0.3, 0.4) is 0 Å². The third-order valence-electron chi connectivity index (χ3n) is 5.16. The lowest BCUT2D eigenvalue weighted by Crippen LogP contribution is -2.40. The number of aryl methyl sites for hydroxylation is 2. The fourth-order valence-corrected chi connectivity index (χ4v) is 3.93. The second-order valence-electron chi connectivity index (χ2n) is 6.87. The Hall–Kier alpha value is -3.66. The molecule has 0 aliphatic heterocycles. The van der Waals surface area contributed by atoms with E-state index in [0.717, 1.165) is 16.9 Å². The number of carbonyl (C=O) groups excluding carboxylic acids is 2. The Labute approximate surface area is 181 Å². The summed E-state index contributed by atoms with van der Waals surface area (Å²) in [6.45, 7) is 5.31. The maximum atomic E-state index is 12.8. The van der Waals surface area contributed by atoms with E-state index in [0.29, 0.717) is 29.3 Å². The number of imidazole rings is 1. The molecule has 160 valence electrons. The van der Waals surface area contributed by atoms with E-state index in [1.54, 1.807) is 12.1 Å². The molecule has 3 aromatic heterocycles. The molecular formula is C20H20ClN7O3. The number of aromatic amines is 1. The highest BCUT2D eigenvalue weighted by Gasteiger charge is 2.25. The molecule has 0 saturated heterocycles. The number of aromatic nitrogens is 5. The zero-order chi connectivity index (χ0) is 22.3. The van der Waals surface area contributed by atoms with Gasteiger partial charge in [-0.05, 0) is 32.0 Å². The number of H-pyrrole nitrogens is 1. The van der Waals surface area contributed by atoms with E-state index >= 15 is 0 Å². The first kappa shape index (κ1) is 20.6. The van der Waals surface area contributed by atoms with Crippen LogP contribution in [-0.2, 0) is 19.6 Å². The molecule has 0 unspecified atom stereocenters. The van der Waals surface area contributed by atoms with Crippen molar-refractivity contribution in [3.63, 3.8) is 0 Å². The second kappa shape index (κ2) is 7.88. The molecule has 4 rings (SSSR count). The van der Waals surface area contributed by atoms with Crippen LogP contribution in [0.15, 0.2) is 24.4 Å². The molecule has 1 amide bonds. The number of hydrogen-bond acceptors (Lipinski definition) is 6. The number of hydrogen-bond donors (Lipinski definition) is 3. The largest absolute Gasteiger partial charge is 0.545 e. The molecule has 0 saturated carbocycles. The SMILES string of the molecule is CCn1c(CNC(=O)c2nc3c(Cl)c[nH]c3nc2N)[n+](CC)c2ccc(C(=O)[O-])cc21. The molecule has 0 spiro atoms. The third-order valence-corrected chi connectivity index (χ3v) is 5.44. The summed E-state index contributed by atoms with van der Waals surface area (Å²) in [7, 11) is 0. The third kappa shape index (κ3) is 3.44. The van der Waals surface area contributed by atoms with Gasteiger partial charge in [-0.3, -0.25) is 4.79 Å². The van der Waals surface area contributed by atoms with Gasteiger partial charge >= 0.3 is 0 Å². The first-order valence-corrected chi connectivity index (χ1v) is 10.1. The van der Waals surface area contributed by atoms with Crippen LogP contribution in [0.25, 0.3) is 22.2 Å². The van der Waals surface area contributed by atoms with E-state index < -0.39 is 11.9 Å². The molecule has 11 heteroatoms. The van der Waals surface area contributed by atoms with Crippen molar-refractivity contribution in [2.75, 3.05) is 5.73 Å². The Balaban J connectivity index is 1.70. The van der Waals surface area contributed by atoms with Gasteiger partial charge in [-0.1, -0.05) is 11.6 Å². The standard InChI is InChI=1S/C20H20ClN7O3/c1-3-27-12-6-5-10(20(30)31)7-13(12)28(4-2)14(27)9-24-19(29)16-17(22)26-18-15(25-16)11(21)8-23-18/h5-8H,3-4,9H2,1-2H3,(H4-,22,23,24,25,26,29,30,31). The van der Waals surface area contributed by atoms with Gasteiger partial charge in [0.15, 0.2) is 28.2 Å². The molecule has 0 radical (unpaired) electrons. The van der Waals surface area contributed by atoms with Gasteiger partial charge in [-0.25, -0.2) is 19.1 Å². The van der Waals surface area contributed by atoms with Crippen LogP contribution in [-0.4, -0.2) is 31.4 Å². The lowest BCUT2D eigenvalue weighted by Gasteiger charge is -2.07. The van der Waals surface area contributed by atoms with Crippen molar-refractivity contribution in [2.45, 2.75) is 33.5 Å². The molecule has 0 aliphatic carbocycles. The Kier molecular flexibility index (Phi) is 5.24. The van der Waals surface area contributed by atoms with E-state index in [9.17, 15) is 14.7 Å². The quantitative estimate of drug-likeness (QED) is 0.377. The van der Waals surface area contributed by atoms with Gasteiger partial charge in [-0.15, -0.1) is 0 Å². The number of benzene rings is 1. The number of aromatic carboxylic acids is 1. The molecule has 10 nitrogen and oxygen atoms in total.